The number of nitrogens with zero attached hydrogens (tertiary/aromatic N) is 1. The molecule has 2 aromatic carbocycles. The molecule has 11 heteroatoms. The standard InChI is InChI=1S/C24H26N2O3S.C2HF3O2/c1-17-13-18(21-5-2-3-6-22(21)25-17)15-29-19-7-9-20(10-8-19)30-16-24(11-4-12-24)14-23(27)26-28;3-2(4,5)1(6)7/h2-3,5-10,13,28H,4,11-12,14-16H2,1H3,(H,26,27);(H,6,7). The lowest BCUT2D eigenvalue weighted by Crippen LogP contribution is -2.37. The minimum Gasteiger partial charge on any atom is -0.489 e. The van der Waals surface area contributed by atoms with Gasteiger partial charge in [-0.05, 0) is 61.6 Å². The highest BCUT2D eigenvalue weighted by Gasteiger charge is 2.39. The van der Waals surface area contributed by atoms with Crippen molar-refractivity contribution in [3.05, 3.63) is 65.9 Å². The fraction of sp³-hybridized carbons (Fsp3) is 0.346. The summed E-state index contributed by atoms with van der Waals surface area (Å²) in [6.07, 6.45) is -1.48. The molecule has 1 fully saturated rings. The second kappa shape index (κ2) is 12.3. The number of para-hydroxylation sites is 1. The van der Waals surface area contributed by atoms with Crippen LogP contribution in [0.15, 0.2) is 59.5 Å². The van der Waals surface area contributed by atoms with Gasteiger partial charge in [-0.15, -0.1) is 11.8 Å². The number of carboxylic acid groups (broad SMARTS) is 1. The van der Waals surface area contributed by atoms with Crippen LogP contribution in [-0.4, -0.2) is 39.1 Å². The molecule has 3 N–H and O–H groups in total. The number of hydrogen-bond acceptors (Lipinski definition) is 6. The lowest BCUT2D eigenvalue weighted by atomic mass is 9.68. The summed E-state index contributed by atoms with van der Waals surface area (Å²) >= 11 is 1.76. The number of carbonyl (C=O) groups excluding carboxylic acids is 1. The van der Waals surface area contributed by atoms with E-state index >= 15 is 0 Å². The van der Waals surface area contributed by atoms with E-state index in [4.69, 9.17) is 19.8 Å². The molecule has 1 heterocycles. The van der Waals surface area contributed by atoms with E-state index in [0.29, 0.717) is 13.0 Å². The highest BCUT2D eigenvalue weighted by Crippen LogP contribution is 2.47. The van der Waals surface area contributed by atoms with Gasteiger partial charge in [-0.25, -0.2) is 10.3 Å². The Morgan fingerprint density at radius 1 is 1.14 bits per heavy atom. The largest absolute Gasteiger partial charge is 0.490 e. The van der Waals surface area contributed by atoms with Gasteiger partial charge >= 0.3 is 12.1 Å². The molecule has 0 saturated heterocycles. The highest BCUT2D eigenvalue weighted by atomic mass is 32.2. The number of fused-ring (bicyclic) bond motifs is 1. The topological polar surface area (TPSA) is 109 Å². The number of ether oxygens (including phenoxy) is 1. The fourth-order valence-corrected chi connectivity index (χ4v) is 5.17. The van der Waals surface area contributed by atoms with Crippen LogP contribution in [0, 0.1) is 12.3 Å². The Kier molecular flexibility index (Phi) is 9.39. The summed E-state index contributed by atoms with van der Waals surface area (Å²) in [5.74, 6) is -1.34. The Labute approximate surface area is 216 Å². The van der Waals surface area contributed by atoms with Gasteiger partial charge in [-0.1, -0.05) is 24.6 Å². The first-order valence-corrected chi connectivity index (χ1v) is 12.4. The molecule has 0 aliphatic heterocycles. The number of benzene rings is 2. The Hall–Kier alpha value is -3.31. The van der Waals surface area contributed by atoms with Gasteiger partial charge in [0.1, 0.15) is 12.4 Å². The van der Waals surface area contributed by atoms with E-state index in [9.17, 15) is 18.0 Å². The van der Waals surface area contributed by atoms with E-state index in [1.165, 1.54) is 0 Å². The first-order valence-electron chi connectivity index (χ1n) is 11.5. The van der Waals surface area contributed by atoms with Crippen molar-refractivity contribution < 1.29 is 37.8 Å². The predicted octanol–water partition coefficient (Wildman–Crippen LogP) is 5.91. The maximum absolute atomic E-state index is 11.6. The number of hydroxylamine groups is 1. The van der Waals surface area contributed by atoms with Crippen molar-refractivity contribution in [2.45, 2.75) is 50.3 Å². The molecule has 1 saturated carbocycles. The molecule has 1 aliphatic rings. The minimum atomic E-state index is -5.08. The van der Waals surface area contributed by atoms with Gasteiger partial charge in [0, 0.05) is 33.7 Å². The number of amides is 1. The van der Waals surface area contributed by atoms with Crippen molar-refractivity contribution in [3.8, 4) is 5.75 Å². The zero-order valence-corrected chi connectivity index (χ0v) is 20.9. The normalized spacial score (nSPS) is 14.2. The van der Waals surface area contributed by atoms with E-state index in [1.54, 1.807) is 17.2 Å². The molecule has 7 nitrogen and oxygen atoms in total. The molecule has 1 aliphatic carbocycles. The smallest absolute Gasteiger partial charge is 0.489 e. The number of hydrogen-bond donors (Lipinski definition) is 3. The molecule has 3 aromatic rings. The number of nitrogens with one attached hydrogen (secondary N) is 1. The van der Waals surface area contributed by atoms with Gasteiger partial charge in [-0.3, -0.25) is 15.0 Å². The van der Waals surface area contributed by atoms with Crippen LogP contribution in [0.4, 0.5) is 13.2 Å². The van der Waals surface area contributed by atoms with Crippen LogP contribution in [0.5, 0.6) is 5.75 Å². The average molecular weight is 537 g/mol. The first kappa shape index (κ1) is 28.3. The number of halogens is 3. The Bertz CT molecular complexity index is 1230. The van der Waals surface area contributed by atoms with Gasteiger partial charge < -0.3 is 9.84 Å². The summed E-state index contributed by atoms with van der Waals surface area (Å²) in [6, 6.07) is 18.3. The van der Waals surface area contributed by atoms with Crippen molar-refractivity contribution in [3.63, 3.8) is 0 Å². The number of rotatable bonds is 8. The first-order chi connectivity index (χ1) is 17.5. The molecule has 198 valence electrons. The van der Waals surface area contributed by atoms with Crippen LogP contribution in [0.1, 0.15) is 36.9 Å². The molecular weight excluding hydrogens is 509 g/mol. The van der Waals surface area contributed by atoms with Crippen molar-refractivity contribution >= 4 is 34.5 Å². The highest BCUT2D eigenvalue weighted by molar-refractivity contribution is 7.99. The Morgan fingerprint density at radius 3 is 2.35 bits per heavy atom. The molecule has 1 amide bonds. The SMILES string of the molecule is Cc1cc(COc2ccc(SCC3(CC(=O)NO)CCC3)cc2)c2ccccc2n1.O=C(O)C(F)(F)F. The summed E-state index contributed by atoms with van der Waals surface area (Å²) < 4.78 is 37.8. The number of aromatic nitrogens is 1. The van der Waals surface area contributed by atoms with Crippen molar-refractivity contribution in [1.29, 1.82) is 0 Å². The molecule has 0 radical (unpaired) electrons. The molecular formula is C26H27F3N2O5S. The predicted molar refractivity (Wildman–Crippen MR) is 132 cm³/mol. The van der Waals surface area contributed by atoms with Crippen LogP contribution < -0.4 is 10.2 Å². The fourth-order valence-electron chi connectivity index (χ4n) is 3.97. The summed E-state index contributed by atoms with van der Waals surface area (Å²) in [6.45, 7) is 2.50. The lowest BCUT2D eigenvalue weighted by molar-refractivity contribution is -0.192. The molecule has 0 atom stereocenters. The van der Waals surface area contributed by atoms with Crippen LogP contribution in [0.25, 0.3) is 10.9 Å². The van der Waals surface area contributed by atoms with Crippen LogP contribution >= 0.6 is 11.8 Å². The monoisotopic (exact) mass is 536 g/mol. The number of pyridine rings is 1. The second-order valence-electron chi connectivity index (χ2n) is 8.86. The summed E-state index contributed by atoms with van der Waals surface area (Å²) in [4.78, 5) is 26.2. The van der Waals surface area contributed by atoms with Gasteiger partial charge in [0.05, 0.1) is 5.52 Å². The second-order valence-corrected chi connectivity index (χ2v) is 9.91. The molecule has 4 rings (SSSR count). The Morgan fingerprint density at radius 2 is 1.78 bits per heavy atom. The van der Waals surface area contributed by atoms with Crippen LogP contribution in [0.3, 0.4) is 0 Å². The molecule has 0 bridgehead atoms. The van der Waals surface area contributed by atoms with Gasteiger partial charge in [0.2, 0.25) is 5.91 Å². The maximum Gasteiger partial charge on any atom is 0.490 e. The van der Waals surface area contributed by atoms with Gasteiger partial charge in [0.25, 0.3) is 0 Å². The van der Waals surface area contributed by atoms with E-state index in [0.717, 1.165) is 57.8 Å². The number of aliphatic carboxylic acids is 1. The summed E-state index contributed by atoms with van der Waals surface area (Å²) in [5.41, 5.74) is 4.88. The van der Waals surface area contributed by atoms with Crippen molar-refractivity contribution in [1.82, 2.24) is 10.5 Å². The van der Waals surface area contributed by atoms with E-state index in [1.807, 2.05) is 37.3 Å². The lowest BCUT2D eigenvalue weighted by Gasteiger charge is -2.41. The van der Waals surface area contributed by atoms with Crippen molar-refractivity contribution in [2.24, 2.45) is 5.41 Å². The van der Waals surface area contributed by atoms with Gasteiger partial charge in [-0.2, -0.15) is 13.2 Å². The number of carboxylic acids is 1. The average Bonchev–Trinajstić information content (AvgIpc) is 2.84. The third kappa shape index (κ3) is 8.09. The zero-order chi connectivity index (χ0) is 27.1. The van der Waals surface area contributed by atoms with Crippen LogP contribution in [-0.2, 0) is 16.2 Å². The van der Waals surface area contributed by atoms with Gasteiger partial charge in [0.15, 0.2) is 0 Å². The quantitative estimate of drug-likeness (QED) is 0.186. The zero-order valence-electron chi connectivity index (χ0n) is 20.0. The minimum absolute atomic E-state index is 0.00686. The maximum atomic E-state index is 11.6. The Balaban J connectivity index is 0.000000479. The third-order valence-electron chi connectivity index (χ3n) is 6.01. The number of aryl methyl sites for hydroxylation is 1. The molecule has 1 aromatic heterocycles. The van der Waals surface area contributed by atoms with E-state index < -0.39 is 12.1 Å². The van der Waals surface area contributed by atoms with E-state index in [-0.39, 0.29) is 11.3 Å². The molecule has 0 unspecified atom stereocenters. The number of alkyl halides is 3. The number of carbonyl (C=O) groups is 2. The third-order valence-corrected chi connectivity index (χ3v) is 7.37. The summed E-state index contributed by atoms with van der Waals surface area (Å²) in [5, 5.41) is 17.1. The van der Waals surface area contributed by atoms with Crippen LogP contribution in [0.2, 0.25) is 0 Å². The molecule has 0 spiro atoms. The van der Waals surface area contributed by atoms with Crippen molar-refractivity contribution in [2.75, 3.05) is 5.75 Å². The van der Waals surface area contributed by atoms with E-state index in [2.05, 4.69) is 29.2 Å². The molecule has 37 heavy (non-hydrogen) atoms. The number of thioether (sulfide) groups is 1. The summed E-state index contributed by atoms with van der Waals surface area (Å²) in [7, 11) is 0.